The van der Waals surface area contributed by atoms with Gasteiger partial charge in [0.15, 0.2) is 0 Å². The second-order valence-corrected chi connectivity index (χ2v) is 4.58. The van der Waals surface area contributed by atoms with E-state index in [9.17, 15) is 14.3 Å². The number of hydrogen-bond donors (Lipinski definition) is 3. The average Bonchev–Trinajstić information content (AvgIpc) is 3.03. The van der Waals surface area contributed by atoms with E-state index in [1.807, 2.05) is 0 Å². The Morgan fingerprint density at radius 2 is 2.27 bits per heavy atom. The van der Waals surface area contributed by atoms with Crippen molar-refractivity contribution in [3.05, 3.63) is 12.7 Å². The number of hydrogen-bond acceptors (Lipinski definition) is 7. The molecule has 3 rings (SSSR count). The number of ether oxygens (including phenoxy) is 1. The van der Waals surface area contributed by atoms with Crippen molar-refractivity contribution in [2.24, 2.45) is 0 Å². The molecule has 0 spiro atoms. The molecule has 1 saturated heterocycles. The number of aliphatic hydroxyl groups is 1. The molecule has 0 saturated carbocycles. The van der Waals surface area contributed by atoms with E-state index in [2.05, 4.69) is 20.2 Å². The van der Waals surface area contributed by atoms with Crippen LogP contribution >= 0.6 is 0 Å². The summed E-state index contributed by atoms with van der Waals surface area (Å²) in [6.45, 7) is 1.15. The molecule has 0 bridgehead atoms. The first-order chi connectivity index (χ1) is 10.5. The van der Waals surface area contributed by atoms with E-state index in [1.54, 1.807) is 0 Å². The van der Waals surface area contributed by atoms with Gasteiger partial charge in [0.1, 0.15) is 0 Å². The van der Waals surface area contributed by atoms with Gasteiger partial charge in [0.05, 0.1) is 0 Å². The van der Waals surface area contributed by atoms with Gasteiger partial charge in [0.25, 0.3) is 0 Å². The molecule has 1 radical (unpaired) electrons. The third-order valence-corrected chi connectivity index (χ3v) is 3.29. The maximum absolute atomic E-state index is 14.2. The number of anilines is 1. The van der Waals surface area contributed by atoms with Crippen LogP contribution in [0.15, 0.2) is 12.7 Å². The quantitative estimate of drug-likeness (QED) is 0.591. The summed E-state index contributed by atoms with van der Waals surface area (Å²) in [4.78, 5) is 22.9. The van der Waals surface area contributed by atoms with Crippen LogP contribution in [0.4, 0.5) is 10.2 Å². The van der Waals surface area contributed by atoms with Crippen LogP contribution in [-0.2, 0) is 9.53 Å². The van der Waals surface area contributed by atoms with Gasteiger partial charge in [-0.1, -0.05) is 0 Å². The van der Waals surface area contributed by atoms with E-state index in [0.29, 0.717) is 11.3 Å². The zero-order valence-corrected chi connectivity index (χ0v) is 11.0. The summed E-state index contributed by atoms with van der Waals surface area (Å²) in [5.41, 5.74) is 0.513. The second kappa shape index (κ2) is 5.54. The molecule has 111 valence electrons. The number of nitrogens with zero attached hydrogens (tertiary/aromatic N) is 4. The van der Waals surface area contributed by atoms with Crippen molar-refractivity contribution in [3.63, 3.8) is 0 Å². The number of halogens is 1. The molecule has 0 aliphatic carbocycles. The van der Waals surface area contributed by atoms with E-state index in [1.165, 1.54) is 17.2 Å². The van der Waals surface area contributed by atoms with E-state index >= 15 is 0 Å². The molecule has 2 aromatic rings. The molecule has 2 aromatic heterocycles. The first-order valence-electron chi connectivity index (χ1n) is 6.22. The van der Waals surface area contributed by atoms with Crippen LogP contribution < -0.4 is 5.23 Å². The predicted octanol–water partition coefficient (Wildman–Crippen LogP) is -1.38. The molecule has 4 atom stereocenters. The number of nitrogens with one attached hydrogen (secondary N) is 1. The number of carbonyl (C=O) groups is 1. The molecule has 1 aliphatic heterocycles. The van der Waals surface area contributed by atoms with Crippen LogP contribution in [0.5, 0.6) is 0 Å². The minimum absolute atomic E-state index is 0.213. The monoisotopic (exact) mass is 304 g/mol. The fourth-order valence-corrected chi connectivity index (χ4v) is 2.29. The number of aliphatic carboxylic acids is 1. The van der Waals surface area contributed by atoms with E-state index in [-0.39, 0.29) is 5.65 Å². The number of aliphatic hydroxyl groups excluding tert-OH is 1. The fraction of sp³-hybridized carbons (Fsp3) is 0.400. The number of imidazole rings is 1. The summed E-state index contributed by atoms with van der Waals surface area (Å²) >= 11 is 0. The van der Waals surface area contributed by atoms with Crippen LogP contribution in [-0.4, -0.2) is 68.4 Å². The summed E-state index contributed by atoms with van der Waals surface area (Å²) in [5, 5.41) is 21.2. The van der Waals surface area contributed by atoms with Crippen molar-refractivity contribution in [3.8, 4) is 0 Å². The molecule has 0 amide bonds. The van der Waals surface area contributed by atoms with Gasteiger partial charge in [-0.25, -0.2) is 0 Å². The van der Waals surface area contributed by atoms with Crippen LogP contribution in [0.25, 0.3) is 11.2 Å². The minimum atomic E-state index is -1.94. The summed E-state index contributed by atoms with van der Waals surface area (Å²) in [6.07, 6.45) is -4.29. The van der Waals surface area contributed by atoms with Gasteiger partial charge in [-0.15, -0.1) is 0 Å². The first-order valence-corrected chi connectivity index (χ1v) is 6.22. The Morgan fingerprint density at radius 3 is 2.91 bits per heavy atom. The van der Waals surface area contributed by atoms with E-state index in [0.717, 1.165) is 6.94 Å². The van der Waals surface area contributed by atoms with Crippen molar-refractivity contribution in [1.29, 1.82) is 0 Å². The van der Waals surface area contributed by atoms with Gasteiger partial charge in [-0.3, -0.25) is 0 Å². The fourth-order valence-electron chi connectivity index (χ4n) is 2.29. The van der Waals surface area contributed by atoms with Gasteiger partial charge < -0.3 is 0 Å². The third-order valence-electron chi connectivity index (χ3n) is 3.29. The zero-order valence-electron chi connectivity index (χ0n) is 11.0. The summed E-state index contributed by atoms with van der Waals surface area (Å²) in [6, 6.07) is 0. The predicted molar refractivity (Wildman–Crippen MR) is 72.9 cm³/mol. The molecule has 12 heteroatoms. The van der Waals surface area contributed by atoms with Gasteiger partial charge >= 0.3 is 123 Å². The molecule has 3 N–H and O–H groups in total. The second-order valence-electron chi connectivity index (χ2n) is 4.58. The molecule has 9 nitrogen and oxygen atoms in total. The van der Waals surface area contributed by atoms with E-state index < -0.39 is 30.6 Å². The summed E-state index contributed by atoms with van der Waals surface area (Å²) in [5.74, 6) is -1.15. The zero-order chi connectivity index (χ0) is 15.9. The Balaban J connectivity index is 2.02. The Hall–Kier alpha value is -2.20. The maximum atomic E-state index is 14.2. The first kappa shape index (κ1) is 14.7. The normalized spacial score (nSPS) is 27.7. The summed E-state index contributed by atoms with van der Waals surface area (Å²) < 4.78 is 20.4. The Morgan fingerprint density at radius 1 is 1.50 bits per heavy atom. The Labute approximate surface area is 124 Å². The number of fused-ring (bicyclic) bond motifs is 1. The van der Waals surface area contributed by atoms with Crippen LogP contribution in [0.2, 0.25) is 0 Å². The van der Waals surface area contributed by atoms with Gasteiger partial charge in [-0.05, 0) is 0 Å². The van der Waals surface area contributed by atoms with Crippen molar-refractivity contribution in [2.45, 2.75) is 24.6 Å². The molecular formula is C10H9B2FN5O4. The topological polar surface area (TPSA) is 122 Å². The Kier molecular flexibility index (Phi) is 3.71. The summed E-state index contributed by atoms with van der Waals surface area (Å²) in [7, 11) is 5.26. The van der Waals surface area contributed by atoms with Gasteiger partial charge in [0.2, 0.25) is 0 Å². The molecule has 0 aromatic carbocycles. The molecule has 22 heavy (non-hydrogen) atoms. The standard InChI is InChI=1S/C10H9B2FN5O4/c11-12-17-7-4-8(15-1-14-7)18(2-16-4)9-3(13)5(19)6(22-9)10(20)21/h1-3,5-6,9,19H,(H,20,21)(H,14,15,17)/t3-,5-,6-,9+/m0/s1. The number of alkyl halides is 1. The van der Waals surface area contributed by atoms with Gasteiger partial charge in [-0.2, -0.15) is 0 Å². The van der Waals surface area contributed by atoms with Crippen molar-refractivity contribution < 1.29 is 24.1 Å². The number of rotatable bonds is 4. The van der Waals surface area contributed by atoms with Crippen molar-refractivity contribution in [2.75, 3.05) is 5.23 Å². The number of carboxylic acid groups (broad SMARTS) is 1. The molecule has 0 unspecified atom stereocenters. The molecular weight excluding hydrogens is 295 g/mol. The third kappa shape index (κ3) is 2.20. The molecule has 3 heterocycles. The van der Waals surface area contributed by atoms with Crippen molar-refractivity contribution in [1.82, 2.24) is 19.5 Å². The average molecular weight is 304 g/mol. The van der Waals surface area contributed by atoms with Crippen LogP contribution in [0, 0.1) is 0 Å². The van der Waals surface area contributed by atoms with Crippen molar-refractivity contribution >= 4 is 37.3 Å². The van der Waals surface area contributed by atoms with Crippen LogP contribution in [0.1, 0.15) is 6.23 Å². The SMILES string of the molecule is [B]=BNc1ncnc2c1ncn2[C@@H]1O[C@H](C(=O)O)[C@@H](O)[C@@H]1F. The Bertz CT molecular complexity index is 743. The molecule has 1 fully saturated rings. The molecule has 1 aliphatic rings. The van der Waals surface area contributed by atoms with Crippen LogP contribution in [0.3, 0.4) is 0 Å². The van der Waals surface area contributed by atoms with Gasteiger partial charge in [0, 0.05) is 0 Å². The number of aromatic nitrogens is 4. The number of carboxylic acids is 1. The van der Waals surface area contributed by atoms with E-state index in [4.69, 9.17) is 17.2 Å².